The quantitative estimate of drug-likeness (QED) is 0.230. The molecule has 124 valence electrons. The molecule has 0 aromatic heterocycles. The summed E-state index contributed by atoms with van der Waals surface area (Å²) in [4.78, 5) is 0. The number of halogens is 4. The topological polar surface area (TPSA) is 0 Å². The summed E-state index contributed by atoms with van der Waals surface area (Å²) < 4.78 is 39.0. The van der Waals surface area contributed by atoms with Gasteiger partial charge in [-0.25, -0.2) is 0 Å². The van der Waals surface area contributed by atoms with Crippen LogP contribution in [0.2, 0.25) is 0 Å². The first-order chi connectivity index (χ1) is 8.69. The molecule has 0 aliphatic carbocycles. The summed E-state index contributed by atoms with van der Waals surface area (Å²) in [5.41, 5.74) is 0. The maximum Gasteiger partial charge on any atom is 0.673 e. The number of rotatable bonds is 5. The van der Waals surface area contributed by atoms with Crippen molar-refractivity contribution in [1.82, 2.24) is 0 Å². The molecule has 0 saturated carbocycles. The van der Waals surface area contributed by atoms with Crippen molar-refractivity contribution in [2.75, 3.05) is 6.16 Å². The summed E-state index contributed by atoms with van der Waals surface area (Å²) in [5, 5.41) is 1.10. The fourth-order valence-corrected chi connectivity index (χ4v) is 6.96. The van der Waals surface area contributed by atoms with E-state index in [9.17, 15) is 17.3 Å². The highest BCUT2D eigenvalue weighted by atomic mass is 31.1. The Morgan fingerprint density at radius 1 is 0.750 bits per heavy atom. The SMILES string of the molecule is CCCCCC[PH+](C(C)(C)C)C(C)(C)C.F[B-](F)(F)F. The Balaban J connectivity index is 0. The van der Waals surface area contributed by atoms with Crippen LogP contribution in [0.5, 0.6) is 0 Å². The molecule has 0 amide bonds. The van der Waals surface area contributed by atoms with Gasteiger partial charge in [-0.15, -0.1) is 0 Å². The largest absolute Gasteiger partial charge is 0.673 e. The molecule has 0 radical (unpaired) electrons. The van der Waals surface area contributed by atoms with Gasteiger partial charge in [0.1, 0.15) is 0 Å². The molecule has 0 bridgehead atoms. The summed E-state index contributed by atoms with van der Waals surface area (Å²) in [6.07, 6.45) is 7.17. The molecule has 0 nitrogen and oxygen atoms in total. The van der Waals surface area contributed by atoms with E-state index in [0.717, 1.165) is 0 Å². The van der Waals surface area contributed by atoms with Gasteiger partial charge in [-0.3, -0.25) is 0 Å². The highest BCUT2D eigenvalue weighted by molar-refractivity contribution is 7.60. The average molecular weight is 318 g/mol. The van der Waals surface area contributed by atoms with Crippen molar-refractivity contribution in [3.05, 3.63) is 0 Å². The first-order valence-electron chi connectivity index (χ1n) is 7.43. The summed E-state index contributed by atoms with van der Waals surface area (Å²) in [6, 6.07) is 0. The number of hydrogen-bond donors (Lipinski definition) is 0. The van der Waals surface area contributed by atoms with Gasteiger partial charge >= 0.3 is 7.25 Å². The van der Waals surface area contributed by atoms with Crippen molar-refractivity contribution in [2.45, 2.75) is 84.5 Å². The minimum Gasteiger partial charge on any atom is -0.418 e. The van der Waals surface area contributed by atoms with Crippen LogP contribution in [0.3, 0.4) is 0 Å². The van der Waals surface area contributed by atoms with Gasteiger partial charge < -0.3 is 17.3 Å². The van der Waals surface area contributed by atoms with Crippen molar-refractivity contribution in [2.24, 2.45) is 0 Å². The normalized spacial score (nSPS) is 13.2. The number of hydrogen-bond acceptors (Lipinski definition) is 0. The smallest absolute Gasteiger partial charge is 0.418 e. The molecule has 0 saturated heterocycles. The Labute approximate surface area is 124 Å². The third kappa shape index (κ3) is 16.3. The molecule has 0 heterocycles. The molecule has 0 unspecified atom stereocenters. The molecular formula is C14H32BF4P. The second-order valence-electron chi connectivity index (χ2n) is 7.28. The Kier molecular flexibility index (Phi) is 10.4. The second-order valence-corrected chi connectivity index (χ2v) is 11.7. The lowest BCUT2D eigenvalue weighted by molar-refractivity contribution is 0.368. The van der Waals surface area contributed by atoms with Crippen molar-refractivity contribution in [3.8, 4) is 0 Å². The van der Waals surface area contributed by atoms with E-state index < -0.39 is 7.25 Å². The summed E-state index contributed by atoms with van der Waals surface area (Å²) >= 11 is 0. The third-order valence-corrected chi connectivity index (χ3v) is 7.57. The van der Waals surface area contributed by atoms with Gasteiger partial charge in [-0.05, 0) is 54.4 Å². The fraction of sp³-hybridized carbons (Fsp3) is 1.00. The van der Waals surface area contributed by atoms with Gasteiger partial charge in [0.25, 0.3) is 0 Å². The fourth-order valence-electron chi connectivity index (χ4n) is 2.60. The standard InChI is InChI=1S/C14H31P.BF4/c1-8-9-10-11-12-15(13(2,3)4)14(5,6)7;2-1(3,4)5/h8-12H2,1-7H3;/q;-1/p+1. The van der Waals surface area contributed by atoms with E-state index in [4.69, 9.17) is 0 Å². The molecule has 0 aromatic rings. The van der Waals surface area contributed by atoms with Crippen molar-refractivity contribution in [1.29, 1.82) is 0 Å². The van der Waals surface area contributed by atoms with Gasteiger partial charge in [0.05, 0.1) is 16.5 Å². The van der Waals surface area contributed by atoms with Gasteiger partial charge in [-0.2, -0.15) is 0 Å². The van der Waals surface area contributed by atoms with Crippen LogP contribution in [0.4, 0.5) is 17.3 Å². The van der Waals surface area contributed by atoms with E-state index in [1.807, 2.05) is 0 Å². The molecular weight excluding hydrogens is 286 g/mol. The van der Waals surface area contributed by atoms with Crippen LogP contribution >= 0.6 is 7.92 Å². The van der Waals surface area contributed by atoms with Gasteiger partial charge in [-0.1, -0.05) is 19.8 Å². The lowest BCUT2D eigenvalue weighted by Gasteiger charge is -2.34. The summed E-state index contributed by atoms with van der Waals surface area (Å²) in [6.45, 7) is 16.9. The molecule has 0 aliphatic rings. The molecule has 0 rings (SSSR count). The van der Waals surface area contributed by atoms with Crippen LogP contribution in [0.1, 0.15) is 74.1 Å². The Hall–Kier alpha value is 0.215. The minimum absolute atomic E-state index is 0.256. The van der Waals surface area contributed by atoms with E-state index in [2.05, 4.69) is 48.5 Å². The predicted octanol–water partition coefficient (Wildman–Crippen LogP) is 6.68. The molecule has 0 aromatic carbocycles. The maximum atomic E-state index is 9.75. The monoisotopic (exact) mass is 318 g/mol. The zero-order valence-corrected chi connectivity index (χ0v) is 15.1. The Bertz CT molecular complexity index is 221. The first kappa shape index (κ1) is 22.5. The summed E-state index contributed by atoms with van der Waals surface area (Å²) in [7, 11) is -6.26. The van der Waals surface area contributed by atoms with Gasteiger partial charge in [0.2, 0.25) is 0 Å². The van der Waals surface area contributed by atoms with Crippen LogP contribution < -0.4 is 0 Å². The van der Waals surface area contributed by atoms with E-state index in [1.54, 1.807) is 0 Å². The van der Waals surface area contributed by atoms with E-state index >= 15 is 0 Å². The van der Waals surface area contributed by atoms with Gasteiger partial charge in [0.15, 0.2) is 0 Å². The zero-order chi connectivity index (χ0) is 16.6. The van der Waals surface area contributed by atoms with E-state index in [0.29, 0.717) is 10.3 Å². The average Bonchev–Trinajstić information content (AvgIpc) is 2.10. The van der Waals surface area contributed by atoms with E-state index in [-0.39, 0.29) is 7.92 Å². The van der Waals surface area contributed by atoms with Crippen LogP contribution in [0.15, 0.2) is 0 Å². The highest BCUT2D eigenvalue weighted by Gasteiger charge is 2.40. The number of unbranched alkanes of at least 4 members (excludes halogenated alkanes) is 3. The lowest BCUT2D eigenvalue weighted by Crippen LogP contribution is -2.26. The van der Waals surface area contributed by atoms with E-state index in [1.165, 1.54) is 31.8 Å². The second kappa shape index (κ2) is 9.28. The van der Waals surface area contributed by atoms with Crippen LogP contribution in [0.25, 0.3) is 0 Å². The van der Waals surface area contributed by atoms with Crippen LogP contribution in [-0.2, 0) is 0 Å². The zero-order valence-electron chi connectivity index (χ0n) is 14.1. The van der Waals surface area contributed by atoms with Crippen molar-refractivity contribution >= 4 is 15.2 Å². The third-order valence-electron chi connectivity index (χ3n) is 3.09. The molecule has 0 atom stereocenters. The maximum absolute atomic E-state index is 9.75. The highest BCUT2D eigenvalue weighted by Crippen LogP contribution is 2.59. The lowest BCUT2D eigenvalue weighted by atomic mass is 10.2. The summed E-state index contributed by atoms with van der Waals surface area (Å²) in [5.74, 6) is 0. The molecule has 6 heteroatoms. The predicted molar refractivity (Wildman–Crippen MR) is 87.0 cm³/mol. The van der Waals surface area contributed by atoms with Crippen molar-refractivity contribution in [3.63, 3.8) is 0 Å². The molecule has 0 aliphatic heterocycles. The van der Waals surface area contributed by atoms with Crippen molar-refractivity contribution < 1.29 is 17.3 Å². The molecule has 20 heavy (non-hydrogen) atoms. The Morgan fingerprint density at radius 2 is 1.10 bits per heavy atom. The van der Waals surface area contributed by atoms with Crippen LogP contribution in [0, 0.1) is 0 Å². The first-order valence-corrected chi connectivity index (χ1v) is 9.14. The molecule has 0 N–H and O–H groups in total. The molecule has 0 spiro atoms. The Morgan fingerprint density at radius 3 is 1.35 bits per heavy atom. The van der Waals surface area contributed by atoms with Gasteiger partial charge in [0, 0.05) is 7.92 Å². The van der Waals surface area contributed by atoms with Crippen LogP contribution in [-0.4, -0.2) is 23.7 Å². The minimum atomic E-state index is -6.00. The molecule has 0 fully saturated rings.